The van der Waals surface area contributed by atoms with Crippen LogP contribution in [0.25, 0.3) is 11.1 Å². The van der Waals surface area contributed by atoms with Gasteiger partial charge in [-0.3, -0.25) is 0 Å². The molecule has 0 fully saturated rings. The Morgan fingerprint density at radius 3 is 2.53 bits per heavy atom. The highest BCUT2D eigenvalue weighted by Crippen LogP contribution is 2.54. The number of nitrogens with zero attached hydrogens (tertiary/aromatic N) is 1. The maximum Gasteiger partial charge on any atom is 0.342 e. The van der Waals surface area contributed by atoms with E-state index in [1.807, 2.05) is 36.4 Å². The second-order valence-corrected chi connectivity index (χ2v) is 7.11. The van der Waals surface area contributed by atoms with Crippen LogP contribution in [0.1, 0.15) is 34.3 Å². The van der Waals surface area contributed by atoms with Crippen LogP contribution in [-0.4, -0.2) is 26.8 Å². The molecule has 1 aromatic rings. The molecule has 32 heavy (non-hydrogen) atoms. The number of esters is 1. The van der Waals surface area contributed by atoms with Gasteiger partial charge < -0.3 is 24.7 Å². The van der Waals surface area contributed by atoms with Crippen molar-refractivity contribution in [1.82, 2.24) is 0 Å². The Kier molecular flexibility index (Phi) is 5.61. The largest absolute Gasteiger partial charge is 0.497 e. The minimum absolute atomic E-state index is 0.0619. The van der Waals surface area contributed by atoms with Gasteiger partial charge in [-0.2, -0.15) is 5.26 Å². The van der Waals surface area contributed by atoms with Gasteiger partial charge in [0.2, 0.25) is 5.88 Å². The van der Waals surface area contributed by atoms with Crippen molar-refractivity contribution in [3.05, 3.63) is 76.7 Å². The fourth-order valence-electron chi connectivity index (χ4n) is 4.12. The van der Waals surface area contributed by atoms with Crippen LogP contribution in [-0.2, 0) is 4.74 Å². The number of nitrogens with two attached hydrogens (primary N) is 1. The maximum atomic E-state index is 12.9. The molecule has 1 unspecified atom stereocenters. The molecule has 7 heteroatoms. The lowest BCUT2D eigenvalue weighted by atomic mass is 9.82. The van der Waals surface area contributed by atoms with E-state index in [1.54, 1.807) is 33.3 Å². The topological polar surface area (TPSA) is 104 Å². The molecule has 7 nitrogen and oxygen atoms in total. The second kappa shape index (κ2) is 8.52. The molecule has 1 aliphatic heterocycles. The van der Waals surface area contributed by atoms with Crippen LogP contribution in [0, 0.1) is 11.3 Å². The molecule has 2 aliphatic carbocycles. The highest BCUT2D eigenvalue weighted by atomic mass is 16.5. The van der Waals surface area contributed by atoms with E-state index in [4.69, 9.17) is 24.7 Å². The van der Waals surface area contributed by atoms with Crippen LogP contribution < -0.4 is 19.9 Å². The standard InChI is InChI=1S/C25H22N2O5/c1-4-31-25(28)22-16-9-7-5-6-8-15(16)21-20(18(13-26)24(27)32-23(21)22)17-11-10-14(29-2)12-19(17)30-3/h5-12,20H,4,27H2,1-3H3. The summed E-state index contributed by atoms with van der Waals surface area (Å²) in [5.74, 6) is 0.239. The van der Waals surface area contributed by atoms with E-state index >= 15 is 0 Å². The third kappa shape index (κ3) is 3.26. The quantitative estimate of drug-likeness (QED) is 0.605. The van der Waals surface area contributed by atoms with Crippen molar-refractivity contribution in [1.29, 1.82) is 5.26 Å². The van der Waals surface area contributed by atoms with Gasteiger partial charge >= 0.3 is 5.97 Å². The number of hydrogen-bond acceptors (Lipinski definition) is 7. The fourth-order valence-corrected chi connectivity index (χ4v) is 4.12. The number of fused-ring (bicyclic) bond motifs is 3. The van der Waals surface area contributed by atoms with Crippen molar-refractivity contribution < 1.29 is 23.7 Å². The first kappa shape index (κ1) is 21.1. The third-order valence-corrected chi connectivity index (χ3v) is 5.48. The molecule has 2 N–H and O–H groups in total. The number of rotatable bonds is 5. The van der Waals surface area contributed by atoms with Gasteiger partial charge in [-0.15, -0.1) is 0 Å². The number of carbonyl (C=O) groups excluding carboxylic acids is 1. The van der Waals surface area contributed by atoms with E-state index in [0.717, 1.165) is 5.56 Å². The molecule has 4 rings (SSSR count). The van der Waals surface area contributed by atoms with Gasteiger partial charge in [-0.05, 0) is 18.6 Å². The summed E-state index contributed by atoms with van der Waals surface area (Å²) in [4.78, 5) is 12.9. The Morgan fingerprint density at radius 1 is 1.12 bits per heavy atom. The summed E-state index contributed by atoms with van der Waals surface area (Å²) in [5, 5.41) is 9.98. The number of methoxy groups -OCH3 is 2. The Labute approximate surface area is 185 Å². The number of carbonyl (C=O) groups is 1. The Hall–Kier alpha value is -4.18. The predicted octanol–water partition coefficient (Wildman–Crippen LogP) is 4.20. The molecule has 0 amide bonds. The lowest BCUT2D eigenvalue weighted by molar-refractivity contribution is 0.0524. The van der Waals surface area contributed by atoms with E-state index in [2.05, 4.69) is 6.07 Å². The molecule has 1 aromatic carbocycles. The van der Waals surface area contributed by atoms with Gasteiger partial charge in [0, 0.05) is 22.8 Å². The Bertz CT molecular complexity index is 1240. The van der Waals surface area contributed by atoms with E-state index in [0.29, 0.717) is 33.9 Å². The zero-order valence-electron chi connectivity index (χ0n) is 18.0. The van der Waals surface area contributed by atoms with Crippen molar-refractivity contribution in [2.75, 3.05) is 20.8 Å². The SMILES string of the molecule is CCOC(=O)c1c2cccccc-2c2c1OC(N)=C(C#N)C2c1ccc(OC)cc1OC. The summed E-state index contributed by atoms with van der Waals surface area (Å²) >= 11 is 0. The van der Waals surface area contributed by atoms with Crippen LogP contribution in [0.4, 0.5) is 0 Å². The molecule has 0 saturated carbocycles. The monoisotopic (exact) mass is 430 g/mol. The van der Waals surface area contributed by atoms with E-state index < -0.39 is 11.9 Å². The molecule has 3 aliphatic rings. The average Bonchev–Trinajstić information content (AvgIpc) is 2.93. The smallest absolute Gasteiger partial charge is 0.342 e. The van der Waals surface area contributed by atoms with Crippen LogP contribution in [0.5, 0.6) is 17.2 Å². The zero-order valence-corrected chi connectivity index (χ0v) is 18.0. The second-order valence-electron chi connectivity index (χ2n) is 7.11. The van der Waals surface area contributed by atoms with Crippen LogP contribution in [0.3, 0.4) is 0 Å². The lowest BCUT2D eigenvalue weighted by Gasteiger charge is -2.27. The van der Waals surface area contributed by atoms with Gasteiger partial charge in [-0.1, -0.05) is 36.4 Å². The maximum absolute atomic E-state index is 12.9. The first-order valence-electron chi connectivity index (χ1n) is 10.1. The summed E-state index contributed by atoms with van der Waals surface area (Å²) in [6.45, 7) is 1.95. The molecule has 0 saturated heterocycles. The number of ether oxygens (including phenoxy) is 4. The lowest BCUT2D eigenvalue weighted by Crippen LogP contribution is -2.21. The fraction of sp³-hybridized carbons (Fsp3) is 0.200. The number of benzene rings is 1. The summed E-state index contributed by atoms with van der Waals surface area (Å²) in [6, 6.07) is 16.8. The number of nitriles is 1. The molecule has 162 valence electrons. The van der Waals surface area contributed by atoms with Gasteiger partial charge in [0.1, 0.15) is 34.5 Å². The van der Waals surface area contributed by atoms with Gasteiger partial charge in [0.15, 0.2) is 0 Å². The first-order valence-corrected chi connectivity index (χ1v) is 10.1. The van der Waals surface area contributed by atoms with Crippen molar-refractivity contribution in [2.45, 2.75) is 12.8 Å². The molecule has 0 bridgehead atoms. The normalized spacial score (nSPS) is 14.9. The van der Waals surface area contributed by atoms with Gasteiger partial charge in [-0.25, -0.2) is 4.79 Å². The summed E-state index contributed by atoms with van der Waals surface area (Å²) in [6.07, 6.45) is 0. The zero-order chi connectivity index (χ0) is 22.8. The highest BCUT2D eigenvalue weighted by Gasteiger charge is 2.41. The van der Waals surface area contributed by atoms with Crippen molar-refractivity contribution >= 4 is 5.97 Å². The van der Waals surface area contributed by atoms with Gasteiger partial charge in [0.25, 0.3) is 0 Å². The van der Waals surface area contributed by atoms with Crippen LogP contribution in [0.15, 0.2) is 60.0 Å². The van der Waals surface area contributed by atoms with E-state index in [-0.39, 0.29) is 23.6 Å². The molecular weight excluding hydrogens is 408 g/mol. The molecule has 0 aromatic heterocycles. The molecule has 0 spiro atoms. The average molecular weight is 430 g/mol. The Balaban J connectivity index is 2.07. The third-order valence-electron chi connectivity index (χ3n) is 5.48. The Morgan fingerprint density at radius 2 is 1.88 bits per heavy atom. The minimum Gasteiger partial charge on any atom is -0.497 e. The van der Waals surface area contributed by atoms with Crippen LogP contribution in [0.2, 0.25) is 0 Å². The first-order chi connectivity index (χ1) is 15.5. The van der Waals surface area contributed by atoms with E-state index in [1.165, 1.54) is 0 Å². The van der Waals surface area contributed by atoms with E-state index in [9.17, 15) is 10.1 Å². The van der Waals surface area contributed by atoms with Crippen molar-refractivity contribution in [2.24, 2.45) is 5.73 Å². The number of hydrogen-bond donors (Lipinski definition) is 1. The summed E-state index contributed by atoms with van der Waals surface area (Å²) in [7, 11) is 3.11. The van der Waals surface area contributed by atoms with Gasteiger partial charge in [0.05, 0.1) is 26.7 Å². The van der Waals surface area contributed by atoms with Crippen LogP contribution >= 0.6 is 0 Å². The number of allylic oxidation sites excluding steroid dienone is 1. The highest BCUT2D eigenvalue weighted by molar-refractivity contribution is 6.05. The van der Waals surface area contributed by atoms with Crippen molar-refractivity contribution in [3.63, 3.8) is 0 Å². The summed E-state index contributed by atoms with van der Waals surface area (Å²) < 4.78 is 22.1. The molecule has 1 atom stereocenters. The minimum atomic E-state index is -0.613. The molecule has 0 radical (unpaired) electrons. The molecule has 1 heterocycles. The van der Waals surface area contributed by atoms with Crippen molar-refractivity contribution in [3.8, 4) is 34.4 Å². The summed E-state index contributed by atoms with van der Waals surface area (Å²) in [5.41, 5.74) is 9.48. The predicted molar refractivity (Wildman–Crippen MR) is 118 cm³/mol. The molecular formula is C25H22N2O5.